The molecular weight excluding hydrogens is 323 g/mol. The molecule has 2 nitrogen and oxygen atoms in total. The zero-order chi connectivity index (χ0) is 17.4. The topological polar surface area (TPSA) is 26.3 Å². The second-order valence-electron chi connectivity index (χ2n) is 5.62. The third kappa shape index (κ3) is 5.31. The largest absolute Gasteiger partial charge is 0.423 e. The van der Waals surface area contributed by atoms with Gasteiger partial charge in [-0.05, 0) is 37.1 Å². The predicted octanol–water partition coefficient (Wildman–Crippen LogP) is 6.16. The van der Waals surface area contributed by atoms with E-state index in [-0.39, 0.29) is 11.6 Å². The van der Waals surface area contributed by atoms with E-state index in [9.17, 15) is 9.18 Å². The number of carbonyl (C=O) groups excluding carboxylic acids is 1. The summed E-state index contributed by atoms with van der Waals surface area (Å²) in [6.07, 6.45) is 8.23. The number of esters is 1. The maximum Gasteiger partial charge on any atom is 0.335 e. The minimum atomic E-state index is -0.473. The fourth-order valence-corrected chi connectivity index (χ4v) is 3.45. The van der Waals surface area contributed by atoms with Gasteiger partial charge >= 0.3 is 5.97 Å². The molecule has 0 radical (unpaired) electrons. The van der Waals surface area contributed by atoms with Crippen molar-refractivity contribution in [3.8, 4) is 16.2 Å². The van der Waals surface area contributed by atoms with Gasteiger partial charge < -0.3 is 4.74 Å². The predicted molar refractivity (Wildman–Crippen MR) is 98.0 cm³/mol. The average molecular weight is 346 g/mol. The molecule has 0 bridgehead atoms. The maximum absolute atomic E-state index is 14.3. The first-order valence-electron chi connectivity index (χ1n) is 8.41. The third-order valence-electron chi connectivity index (χ3n) is 3.56. The van der Waals surface area contributed by atoms with Gasteiger partial charge in [0.15, 0.2) is 0 Å². The van der Waals surface area contributed by atoms with E-state index < -0.39 is 5.97 Å². The van der Waals surface area contributed by atoms with Crippen molar-refractivity contribution in [2.24, 2.45) is 0 Å². The Morgan fingerprint density at radius 3 is 2.75 bits per heavy atom. The molecule has 2 rings (SSSR count). The molecule has 2 aromatic rings. The van der Waals surface area contributed by atoms with Gasteiger partial charge in [0.1, 0.15) is 11.6 Å². The molecule has 0 saturated heterocycles. The number of thiophene rings is 1. The van der Waals surface area contributed by atoms with E-state index >= 15 is 0 Å². The van der Waals surface area contributed by atoms with Crippen molar-refractivity contribution in [2.45, 2.75) is 46.0 Å². The molecule has 0 spiro atoms. The molecule has 24 heavy (non-hydrogen) atoms. The standard InChI is InChI=1S/C20H23FO2S/c1-3-5-6-7-9-20(22)23-15-10-12-17(18(21)14-15)19-13-11-16(24-19)8-4-2/h7,9-14H,3-6,8H2,1-2H3. The van der Waals surface area contributed by atoms with Crippen molar-refractivity contribution in [1.29, 1.82) is 0 Å². The SMILES string of the molecule is CCCCC=CC(=O)Oc1ccc(-c2ccc(CCC)s2)c(F)c1. The van der Waals surface area contributed by atoms with Crippen LogP contribution in [-0.2, 0) is 11.2 Å². The van der Waals surface area contributed by atoms with Gasteiger partial charge in [0.25, 0.3) is 0 Å². The number of aryl methyl sites for hydroxylation is 1. The number of halogens is 1. The highest BCUT2D eigenvalue weighted by Crippen LogP contribution is 2.32. The summed E-state index contributed by atoms with van der Waals surface area (Å²) in [5.41, 5.74) is 0.542. The fraction of sp³-hybridized carbons (Fsp3) is 0.350. The molecule has 0 atom stereocenters. The van der Waals surface area contributed by atoms with Crippen molar-refractivity contribution in [3.05, 3.63) is 53.2 Å². The van der Waals surface area contributed by atoms with Crippen molar-refractivity contribution in [3.63, 3.8) is 0 Å². The van der Waals surface area contributed by atoms with Gasteiger partial charge in [0.2, 0.25) is 0 Å². The summed E-state index contributed by atoms with van der Waals surface area (Å²) in [6.45, 7) is 4.22. The molecule has 4 heteroatoms. The Balaban J connectivity index is 2.03. The van der Waals surface area contributed by atoms with Crippen molar-refractivity contribution in [2.75, 3.05) is 0 Å². The first-order chi connectivity index (χ1) is 11.6. The molecular formula is C20H23FO2S. The lowest BCUT2D eigenvalue weighted by atomic mass is 10.1. The Morgan fingerprint density at radius 2 is 2.04 bits per heavy atom. The molecule has 0 amide bonds. The summed E-state index contributed by atoms with van der Waals surface area (Å²) in [5.74, 6) is -0.619. The Morgan fingerprint density at radius 1 is 1.21 bits per heavy atom. The summed E-state index contributed by atoms with van der Waals surface area (Å²) >= 11 is 1.60. The number of rotatable bonds is 8. The number of carbonyl (C=O) groups is 1. The summed E-state index contributed by atoms with van der Waals surface area (Å²) in [6, 6.07) is 8.55. The van der Waals surface area contributed by atoms with Crippen LogP contribution in [0.15, 0.2) is 42.5 Å². The van der Waals surface area contributed by atoms with Crippen molar-refractivity contribution < 1.29 is 13.9 Å². The number of hydrogen-bond donors (Lipinski definition) is 0. The van der Waals surface area contributed by atoms with Crippen LogP contribution in [0.5, 0.6) is 5.75 Å². The van der Waals surface area contributed by atoms with Crippen LogP contribution in [0.3, 0.4) is 0 Å². The summed E-state index contributed by atoms with van der Waals surface area (Å²) < 4.78 is 19.5. The summed E-state index contributed by atoms with van der Waals surface area (Å²) in [4.78, 5) is 13.8. The Labute approximate surface area is 147 Å². The van der Waals surface area contributed by atoms with E-state index in [0.29, 0.717) is 5.56 Å². The second-order valence-corrected chi connectivity index (χ2v) is 6.79. The highest BCUT2D eigenvalue weighted by molar-refractivity contribution is 7.15. The van der Waals surface area contributed by atoms with Gasteiger partial charge in [-0.2, -0.15) is 0 Å². The molecule has 0 fully saturated rings. The highest BCUT2D eigenvalue weighted by Gasteiger charge is 2.10. The lowest BCUT2D eigenvalue weighted by Gasteiger charge is -2.05. The molecule has 0 aliphatic rings. The molecule has 0 saturated carbocycles. The van der Waals surface area contributed by atoms with Crippen LogP contribution in [0.1, 0.15) is 44.4 Å². The van der Waals surface area contributed by atoms with Gasteiger partial charge in [-0.25, -0.2) is 9.18 Å². The maximum atomic E-state index is 14.3. The smallest absolute Gasteiger partial charge is 0.335 e. The Bertz CT molecular complexity index is 703. The lowest BCUT2D eigenvalue weighted by Crippen LogP contribution is -2.04. The highest BCUT2D eigenvalue weighted by atomic mass is 32.1. The zero-order valence-corrected chi connectivity index (χ0v) is 15.0. The number of hydrogen-bond acceptors (Lipinski definition) is 3. The summed E-state index contributed by atoms with van der Waals surface area (Å²) in [5, 5.41) is 0. The summed E-state index contributed by atoms with van der Waals surface area (Å²) in [7, 11) is 0. The monoisotopic (exact) mass is 346 g/mol. The number of ether oxygens (including phenoxy) is 1. The van der Waals surface area contributed by atoms with Gasteiger partial charge in [-0.15, -0.1) is 11.3 Å². The van der Waals surface area contributed by atoms with Gasteiger partial charge in [-0.1, -0.05) is 39.2 Å². The van der Waals surface area contributed by atoms with Crippen molar-refractivity contribution in [1.82, 2.24) is 0 Å². The molecule has 0 aliphatic heterocycles. The first-order valence-corrected chi connectivity index (χ1v) is 9.22. The number of unbranched alkanes of at least 4 members (excludes halogenated alkanes) is 2. The van der Waals surface area contributed by atoms with Gasteiger partial charge in [-0.3, -0.25) is 0 Å². The molecule has 128 valence electrons. The van der Waals surface area contributed by atoms with Crippen LogP contribution in [0.25, 0.3) is 10.4 Å². The van der Waals surface area contributed by atoms with Crippen LogP contribution in [0.2, 0.25) is 0 Å². The van der Waals surface area contributed by atoms with Crippen LogP contribution in [0, 0.1) is 5.82 Å². The Hall–Kier alpha value is -1.94. The molecule has 1 aromatic carbocycles. The minimum Gasteiger partial charge on any atom is -0.423 e. The van der Waals surface area contributed by atoms with E-state index in [0.717, 1.165) is 37.0 Å². The zero-order valence-electron chi connectivity index (χ0n) is 14.2. The minimum absolute atomic E-state index is 0.228. The third-order valence-corrected chi connectivity index (χ3v) is 4.74. The molecule has 0 N–H and O–H groups in total. The van der Waals surface area contributed by atoms with E-state index in [1.54, 1.807) is 29.5 Å². The molecule has 0 aliphatic carbocycles. The fourth-order valence-electron chi connectivity index (χ4n) is 2.31. The molecule has 1 heterocycles. The average Bonchev–Trinajstić information content (AvgIpc) is 3.00. The lowest BCUT2D eigenvalue weighted by molar-refractivity contribution is -0.129. The van der Waals surface area contributed by atoms with Crippen LogP contribution in [-0.4, -0.2) is 5.97 Å². The van der Waals surface area contributed by atoms with E-state index in [1.807, 2.05) is 12.1 Å². The quantitative estimate of drug-likeness (QED) is 0.248. The van der Waals surface area contributed by atoms with Gasteiger partial charge in [0.05, 0.1) is 0 Å². The number of benzene rings is 1. The Kier molecular flexibility index (Phi) is 7.19. The normalized spacial score (nSPS) is 11.1. The second kappa shape index (κ2) is 9.38. The van der Waals surface area contributed by atoms with E-state index in [2.05, 4.69) is 13.8 Å². The first kappa shape index (κ1) is 18.4. The van der Waals surface area contributed by atoms with E-state index in [4.69, 9.17) is 4.74 Å². The van der Waals surface area contributed by atoms with Gasteiger partial charge in [0, 0.05) is 27.5 Å². The van der Waals surface area contributed by atoms with Crippen molar-refractivity contribution >= 4 is 17.3 Å². The molecule has 0 unspecified atom stereocenters. The van der Waals surface area contributed by atoms with Crippen LogP contribution in [0.4, 0.5) is 4.39 Å². The number of allylic oxidation sites excluding steroid dienone is 1. The van der Waals surface area contributed by atoms with Crippen LogP contribution >= 0.6 is 11.3 Å². The van der Waals surface area contributed by atoms with Crippen LogP contribution < -0.4 is 4.74 Å². The van der Waals surface area contributed by atoms with E-state index in [1.165, 1.54) is 17.0 Å². The molecule has 1 aromatic heterocycles.